The predicted molar refractivity (Wildman–Crippen MR) is 100 cm³/mol. The van der Waals surface area contributed by atoms with Gasteiger partial charge >= 0.3 is 0 Å². The number of nitrogens with zero attached hydrogens (tertiary/aromatic N) is 6. The van der Waals surface area contributed by atoms with Gasteiger partial charge in [-0.3, -0.25) is 4.79 Å². The van der Waals surface area contributed by atoms with Gasteiger partial charge in [0, 0.05) is 31.5 Å². The molecule has 2 aromatic heterocycles. The predicted octanol–water partition coefficient (Wildman–Crippen LogP) is 2.03. The molecular weight excluding hydrogens is 328 g/mol. The summed E-state index contributed by atoms with van der Waals surface area (Å²) in [5.74, 6) is 2.15. The standard InChI is InChI=1S/C19H26N6O/c1-19(2,3)18-21-20-15-9-10-16(22-25(15)18)24-11-14(12-24)23(4)17(26)13-7-5-6-8-13/h5-6,9-10,13-14H,7-8,11-12H2,1-4H3. The molecule has 0 N–H and O–H groups in total. The quantitative estimate of drug-likeness (QED) is 0.789. The molecule has 4 rings (SSSR count). The van der Waals surface area contributed by atoms with E-state index in [-0.39, 0.29) is 23.3 Å². The van der Waals surface area contributed by atoms with Crippen molar-refractivity contribution >= 4 is 17.4 Å². The van der Waals surface area contributed by atoms with E-state index in [0.717, 1.165) is 43.2 Å². The summed E-state index contributed by atoms with van der Waals surface area (Å²) in [6, 6.07) is 4.19. The van der Waals surface area contributed by atoms with Crippen molar-refractivity contribution in [3.8, 4) is 0 Å². The Kier molecular flexibility index (Phi) is 3.97. The van der Waals surface area contributed by atoms with Crippen molar-refractivity contribution in [1.29, 1.82) is 0 Å². The van der Waals surface area contributed by atoms with Gasteiger partial charge in [0.25, 0.3) is 0 Å². The number of hydrogen-bond acceptors (Lipinski definition) is 5. The molecule has 2 aliphatic rings. The Labute approximate surface area is 153 Å². The van der Waals surface area contributed by atoms with Crippen molar-refractivity contribution in [1.82, 2.24) is 24.7 Å². The second-order valence-electron chi connectivity index (χ2n) is 8.38. The van der Waals surface area contributed by atoms with Crippen LogP contribution in [0.1, 0.15) is 39.4 Å². The third-order valence-corrected chi connectivity index (χ3v) is 5.36. The van der Waals surface area contributed by atoms with Crippen molar-refractivity contribution in [2.75, 3.05) is 25.0 Å². The molecule has 1 aliphatic heterocycles. The Balaban J connectivity index is 1.46. The molecule has 0 radical (unpaired) electrons. The average Bonchev–Trinajstić information content (AvgIpc) is 3.21. The zero-order valence-electron chi connectivity index (χ0n) is 15.9. The van der Waals surface area contributed by atoms with E-state index in [1.807, 2.05) is 28.6 Å². The van der Waals surface area contributed by atoms with Crippen molar-refractivity contribution in [3.63, 3.8) is 0 Å². The van der Waals surface area contributed by atoms with Gasteiger partial charge in [0.15, 0.2) is 11.5 Å². The lowest BCUT2D eigenvalue weighted by Crippen LogP contribution is -2.60. The third-order valence-electron chi connectivity index (χ3n) is 5.36. The normalized spacial score (nSPS) is 18.5. The number of anilines is 1. The van der Waals surface area contributed by atoms with Gasteiger partial charge in [-0.2, -0.15) is 4.52 Å². The van der Waals surface area contributed by atoms with Crippen LogP contribution in [0, 0.1) is 5.92 Å². The summed E-state index contributed by atoms with van der Waals surface area (Å²) in [5, 5.41) is 13.3. The molecule has 3 heterocycles. The average molecular weight is 354 g/mol. The largest absolute Gasteiger partial charge is 0.351 e. The maximum absolute atomic E-state index is 12.5. The summed E-state index contributed by atoms with van der Waals surface area (Å²) < 4.78 is 1.84. The van der Waals surface area contributed by atoms with Crippen LogP contribution in [0.5, 0.6) is 0 Å². The summed E-state index contributed by atoms with van der Waals surface area (Å²) in [6.07, 6.45) is 5.96. The van der Waals surface area contributed by atoms with E-state index in [9.17, 15) is 4.79 Å². The number of hydrogen-bond donors (Lipinski definition) is 0. The fourth-order valence-electron chi connectivity index (χ4n) is 3.59. The van der Waals surface area contributed by atoms with Gasteiger partial charge in [0.1, 0.15) is 5.82 Å². The topological polar surface area (TPSA) is 66.6 Å². The van der Waals surface area contributed by atoms with Crippen LogP contribution in [0.15, 0.2) is 24.3 Å². The van der Waals surface area contributed by atoms with E-state index in [2.05, 4.69) is 48.0 Å². The number of allylic oxidation sites excluding steroid dienone is 2. The lowest BCUT2D eigenvalue weighted by Gasteiger charge is -2.45. The minimum Gasteiger partial charge on any atom is -0.351 e. The van der Waals surface area contributed by atoms with E-state index in [0.29, 0.717) is 0 Å². The second-order valence-corrected chi connectivity index (χ2v) is 8.38. The first-order chi connectivity index (χ1) is 12.3. The van der Waals surface area contributed by atoms with Crippen molar-refractivity contribution in [2.24, 2.45) is 5.92 Å². The zero-order chi connectivity index (χ0) is 18.5. The van der Waals surface area contributed by atoms with Gasteiger partial charge in [-0.15, -0.1) is 15.3 Å². The highest BCUT2D eigenvalue weighted by Crippen LogP contribution is 2.27. The summed E-state index contributed by atoms with van der Waals surface area (Å²) in [6.45, 7) is 7.95. The molecule has 7 heteroatoms. The van der Waals surface area contributed by atoms with Crippen LogP contribution in [0.2, 0.25) is 0 Å². The van der Waals surface area contributed by atoms with Crippen LogP contribution in [-0.4, -0.2) is 56.8 Å². The van der Waals surface area contributed by atoms with Crippen molar-refractivity contribution < 1.29 is 4.79 Å². The number of fused-ring (bicyclic) bond motifs is 1. The van der Waals surface area contributed by atoms with Gasteiger partial charge < -0.3 is 9.80 Å². The number of amides is 1. The highest BCUT2D eigenvalue weighted by molar-refractivity contribution is 5.80. The monoisotopic (exact) mass is 354 g/mol. The maximum Gasteiger partial charge on any atom is 0.226 e. The Morgan fingerprint density at radius 2 is 1.85 bits per heavy atom. The summed E-state index contributed by atoms with van der Waals surface area (Å²) in [7, 11) is 1.93. The number of carbonyl (C=O) groups is 1. The van der Waals surface area contributed by atoms with Crippen LogP contribution >= 0.6 is 0 Å². The first-order valence-corrected chi connectivity index (χ1v) is 9.24. The highest BCUT2D eigenvalue weighted by atomic mass is 16.2. The molecule has 0 aromatic carbocycles. The third kappa shape index (κ3) is 2.85. The Morgan fingerprint density at radius 3 is 2.50 bits per heavy atom. The SMILES string of the molecule is CN(C(=O)C1CC=CC1)C1CN(c2ccc3nnc(C(C)(C)C)n3n2)C1. The lowest BCUT2D eigenvalue weighted by molar-refractivity contribution is -0.136. The molecule has 0 atom stereocenters. The van der Waals surface area contributed by atoms with Crippen LogP contribution in [0.25, 0.3) is 5.65 Å². The number of rotatable bonds is 3. The fourth-order valence-corrected chi connectivity index (χ4v) is 3.59. The Morgan fingerprint density at radius 1 is 1.15 bits per heavy atom. The summed E-state index contributed by atoms with van der Waals surface area (Å²) in [5.41, 5.74) is 0.640. The molecule has 0 unspecified atom stereocenters. The van der Waals surface area contributed by atoms with Crippen LogP contribution in [0.3, 0.4) is 0 Å². The Hall–Kier alpha value is -2.44. The van der Waals surface area contributed by atoms with E-state index in [1.165, 1.54) is 0 Å². The van der Waals surface area contributed by atoms with Gasteiger partial charge in [-0.05, 0) is 25.0 Å². The van der Waals surface area contributed by atoms with E-state index in [1.54, 1.807) is 0 Å². The van der Waals surface area contributed by atoms with Crippen molar-refractivity contribution in [3.05, 3.63) is 30.1 Å². The summed E-state index contributed by atoms with van der Waals surface area (Å²) in [4.78, 5) is 16.7. The second kappa shape index (κ2) is 6.07. The lowest BCUT2D eigenvalue weighted by atomic mass is 9.96. The molecule has 1 fully saturated rings. The smallest absolute Gasteiger partial charge is 0.226 e. The molecule has 7 nitrogen and oxygen atoms in total. The molecule has 0 spiro atoms. The molecule has 138 valence electrons. The Bertz CT molecular complexity index is 851. The molecule has 0 saturated carbocycles. The summed E-state index contributed by atoms with van der Waals surface area (Å²) >= 11 is 0. The van der Waals surface area contributed by atoms with Gasteiger partial charge in [-0.25, -0.2) is 0 Å². The highest BCUT2D eigenvalue weighted by Gasteiger charge is 2.36. The minimum absolute atomic E-state index is 0.121. The zero-order valence-corrected chi connectivity index (χ0v) is 15.9. The minimum atomic E-state index is -0.121. The molecule has 1 saturated heterocycles. The first kappa shape index (κ1) is 17.0. The van der Waals surface area contributed by atoms with E-state index >= 15 is 0 Å². The number of aromatic nitrogens is 4. The van der Waals surface area contributed by atoms with Crippen LogP contribution in [-0.2, 0) is 10.2 Å². The van der Waals surface area contributed by atoms with Crippen LogP contribution < -0.4 is 4.90 Å². The van der Waals surface area contributed by atoms with Gasteiger partial charge in [-0.1, -0.05) is 32.9 Å². The van der Waals surface area contributed by atoms with E-state index in [4.69, 9.17) is 5.10 Å². The number of likely N-dealkylation sites (N-methyl/N-ethyl adjacent to an activating group) is 1. The van der Waals surface area contributed by atoms with Crippen LogP contribution in [0.4, 0.5) is 5.82 Å². The molecule has 1 aliphatic carbocycles. The molecule has 0 bridgehead atoms. The molecule has 26 heavy (non-hydrogen) atoms. The fraction of sp³-hybridized carbons (Fsp3) is 0.579. The maximum atomic E-state index is 12.5. The van der Waals surface area contributed by atoms with Gasteiger partial charge in [0.2, 0.25) is 5.91 Å². The molecule has 1 amide bonds. The van der Waals surface area contributed by atoms with Crippen molar-refractivity contribution in [2.45, 2.75) is 45.1 Å². The first-order valence-electron chi connectivity index (χ1n) is 9.24. The van der Waals surface area contributed by atoms with E-state index < -0.39 is 0 Å². The molecule has 2 aromatic rings. The number of carbonyl (C=O) groups excluding carboxylic acids is 1. The molecular formula is C19H26N6O. The van der Waals surface area contributed by atoms with Gasteiger partial charge in [0.05, 0.1) is 6.04 Å².